The Labute approximate surface area is 228 Å². The maximum Gasteiger partial charge on any atom is 0.265 e. The number of amides is 1. The highest BCUT2D eigenvalue weighted by Crippen LogP contribution is 2.35. The molecule has 0 aliphatic carbocycles. The lowest BCUT2D eigenvalue weighted by Crippen LogP contribution is -2.31. The Hall–Kier alpha value is -4.26. The fourth-order valence-corrected chi connectivity index (χ4v) is 4.33. The Balaban J connectivity index is 1.40. The van der Waals surface area contributed by atoms with Crippen LogP contribution in [0.25, 0.3) is 22.3 Å². The second-order valence-electron chi connectivity index (χ2n) is 8.41. The Kier molecular flexibility index (Phi) is 7.36. The van der Waals surface area contributed by atoms with E-state index in [4.69, 9.17) is 37.1 Å². The molecule has 4 aromatic carbocycles. The second kappa shape index (κ2) is 11.0. The average Bonchev–Trinajstić information content (AvgIpc) is 2.92. The van der Waals surface area contributed by atoms with Crippen LogP contribution < -0.4 is 20.2 Å². The van der Waals surface area contributed by atoms with Crippen LogP contribution in [0.3, 0.4) is 0 Å². The van der Waals surface area contributed by atoms with Crippen molar-refractivity contribution in [3.05, 3.63) is 117 Å². The number of fused-ring (bicyclic) bond motifs is 1. The van der Waals surface area contributed by atoms with Crippen molar-refractivity contribution in [2.24, 2.45) is 0 Å². The molecule has 0 radical (unpaired) electrons. The monoisotopic (exact) mass is 545 g/mol. The lowest BCUT2D eigenvalue weighted by atomic mass is 10.1. The Morgan fingerprint density at radius 2 is 1.50 bits per heavy atom. The summed E-state index contributed by atoms with van der Waals surface area (Å²) in [5.74, 6) is 0.921. The van der Waals surface area contributed by atoms with E-state index in [0.29, 0.717) is 22.7 Å². The van der Waals surface area contributed by atoms with Gasteiger partial charge in [0.2, 0.25) is 11.2 Å². The van der Waals surface area contributed by atoms with Gasteiger partial charge in [-0.2, -0.15) is 0 Å². The highest BCUT2D eigenvalue weighted by atomic mass is 35.5. The maximum atomic E-state index is 13.5. The molecule has 1 unspecified atom stereocenters. The molecule has 1 N–H and O–H groups in total. The number of ether oxygens (including phenoxy) is 2. The third kappa shape index (κ3) is 5.52. The number of hydrogen-bond donors (Lipinski definition) is 1. The Morgan fingerprint density at radius 3 is 2.18 bits per heavy atom. The standard InChI is InChI=1S/C30H21Cl2NO5/c1-18(30(35)33-21-12-14-23(15-13-21)37-22-10-6-3-7-11-22)36-29-26(34)24-16-20(31)17-25(32)28(24)38-27(29)19-8-4-2-5-9-19/h2-18H,1H3,(H,33,35). The van der Waals surface area contributed by atoms with Gasteiger partial charge in [-0.05, 0) is 55.5 Å². The summed E-state index contributed by atoms with van der Waals surface area (Å²) in [7, 11) is 0. The first kappa shape index (κ1) is 25.4. The van der Waals surface area contributed by atoms with Crippen LogP contribution in [0.4, 0.5) is 5.69 Å². The fourth-order valence-electron chi connectivity index (χ4n) is 3.80. The average molecular weight is 546 g/mol. The molecule has 1 heterocycles. The normalized spacial score (nSPS) is 11.7. The van der Waals surface area contributed by atoms with Crippen molar-refractivity contribution < 1.29 is 18.7 Å². The molecule has 1 amide bonds. The molecular formula is C30H21Cl2NO5. The van der Waals surface area contributed by atoms with E-state index in [1.807, 2.05) is 36.4 Å². The Bertz CT molecular complexity index is 1650. The minimum atomic E-state index is -1.03. The van der Waals surface area contributed by atoms with Gasteiger partial charge in [0.15, 0.2) is 17.4 Å². The first-order chi connectivity index (χ1) is 18.4. The minimum absolute atomic E-state index is 0.115. The van der Waals surface area contributed by atoms with E-state index < -0.39 is 17.4 Å². The zero-order chi connectivity index (χ0) is 26.6. The van der Waals surface area contributed by atoms with E-state index in [-0.39, 0.29) is 32.5 Å². The molecule has 0 saturated heterocycles. The van der Waals surface area contributed by atoms with E-state index in [0.717, 1.165) is 0 Å². The number of halogens is 2. The molecule has 1 atom stereocenters. The molecular weight excluding hydrogens is 525 g/mol. The van der Waals surface area contributed by atoms with Gasteiger partial charge in [0, 0.05) is 16.3 Å². The lowest BCUT2D eigenvalue weighted by Gasteiger charge is -2.17. The van der Waals surface area contributed by atoms with Crippen LogP contribution >= 0.6 is 23.2 Å². The summed E-state index contributed by atoms with van der Waals surface area (Å²) in [5, 5.41) is 3.41. The molecule has 0 saturated carbocycles. The maximum absolute atomic E-state index is 13.5. The highest BCUT2D eigenvalue weighted by molar-refractivity contribution is 6.38. The predicted octanol–water partition coefficient (Wildman–Crippen LogP) is 7.97. The van der Waals surface area contributed by atoms with Crippen molar-refractivity contribution in [1.29, 1.82) is 0 Å². The van der Waals surface area contributed by atoms with Gasteiger partial charge in [-0.1, -0.05) is 71.7 Å². The van der Waals surface area contributed by atoms with E-state index in [1.165, 1.54) is 12.1 Å². The van der Waals surface area contributed by atoms with Gasteiger partial charge < -0.3 is 19.2 Å². The molecule has 5 aromatic rings. The van der Waals surface area contributed by atoms with Crippen molar-refractivity contribution in [2.75, 3.05) is 5.32 Å². The van der Waals surface area contributed by atoms with Gasteiger partial charge in [-0.3, -0.25) is 9.59 Å². The largest absolute Gasteiger partial charge is 0.473 e. The van der Waals surface area contributed by atoms with Crippen LogP contribution in [-0.4, -0.2) is 12.0 Å². The molecule has 6 nitrogen and oxygen atoms in total. The summed E-state index contributed by atoms with van der Waals surface area (Å²) in [5.41, 5.74) is 0.825. The molecule has 1 aromatic heterocycles. The van der Waals surface area contributed by atoms with E-state index in [1.54, 1.807) is 55.5 Å². The van der Waals surface area contributed by atoms with Gasteiger partial charge in [0.1, 0.15) is 11.5 Å². The van der Waals surface area contributed by atoms with Crippen LogP contribution in [0.5, 0.6) is 17.2 Å². The summed E-state index contributed by atoms with van der Waals surface area (Å²) in [4.78, 5) is 26.5. The van der Waals surface area contributed by atoms with Crippen LogP contribution in [0.2, 0.25) is 10.0 Å². The third-order valence-electron chi connectivity index (χ3n) is 5.67. The first-order valence-corrected chi connectivity index (χ1v) is 12.5. The van der Waals surface area contributed by atoms with Crippen LogP contribution in [0.15, 0.2) is 106 Å². The number of para-hydroxylation sites is 1. The van der Waals surface area contributed by atoms with Crippen LogP contribution in [-0.2, 0) is 4.79 Å². The number of carbonyl (C=O) groups is 1. The molecule has 0 fully saturated rings. The number of anilines is 1. The summed E-state index contributed by atoms with van der Waals surface area (Å²) in [6.07, 6.45) is -1.03. The predicted molar refractivity (Wildman–Crippen MR) is 150 cm³/mol. The Morgan fingerprint density at radius 1 is 0.868 bits per heavy atom. The number of rotatable bonds is 7. The summed E-state index contributed by atoms with van der Waals surface area (Å²) < 4.78 is 17.8. The molecule has 0 aliphatic rings. The van der Waals surface area contributed by atoms with Gasteiger partial charge >= 0.3 is 0 Å². The minimum Gasteiger partial charge on any atom is -0.473 e. The topological polar surface area (TPSA) is 77.8 Å². The van der Waals surface area contributed by atoms with Gasteiger partial charge in [-0.25, -0.2) is 0 Å². The zero-order valence-electron chi connectivity index (χ0n) is 20.1. The van der Waals surface area contributed by atoms with Gasteiger partial charge in [0.25, 0.3) is 5.91 Å². The van der Waals surface area contributed by atoms with Crippen LogP contribution in [0, 0.1) is 0 Å². The van der Waals surface area contributed by atoms with Gasteiger partial charge in [0.05, 0.1) is 10.4 Å². The van der Waals surface area contributed by atoms with Gasteiger partial charge in [-0.15, -0.1) is 0 Å². The summed E-state index contributed by atoms with van der Waals surface area (Å²) in [6, 6.07) is 28.2. The highest BCUT2D eigenvalue weighted by Gasteiger charge is 2.24. The lowest BCUT2D eigenvalue weighted by molar-refractivity contribution is -0.122. The van der Waals surface area contributed by atoms with Crippen molar-refractivity contribution >= 4 is 45.8 Å². The molecule has 0 aliphatic heterocycles. The summed E-state index contributed by atoms with van der Waals surface area (Å²) >= 11 is 12.4. The molecule has 38 heavy (non-hydrogen) atoms. The SMILES string of the molecule is CC(Oc1c(-c2ccccc2)oc2c(Cl)cc(Cl)cc2c1=O)C(=O)Nc1ccc(Oc2ccccc2)cc1. The van der Waals surface area contributed by atoms with Crippen molar-refractivity contribution in [2.45, 2.75) is 13.0 Å². The molecule has 8 heteroatoms. The summed E-state index contributed by atoms with van der Waals surface area (Å²) in [6.45, 7) is 1.55. The fraction of sp³-hybridized carbons (Fsp3) is 0.0667. The smallest absolute Gasteiger partial charge is 0.265 e. The number of carbonyl (C=O) groups excluding carboxylic acids is 1. The first-order valence-electron chi connectivity index (χ1n) is 11.7. The molecule has 190 valence electrons. The number of hydrogen-bond acceptors (Lipinski definition) is 5. The quantitative estimate of drug-likeness (QED) is 0.224. The van der Waals surface area contributed by atoms with Crippen molar-refractivity contribution in [3.63, 3.8) is 0 Å². The molecule has 0 bridgehead atoms. The third-order valence-corrected chi connectivity index (χ3v) is 6.17. The molecule has 5 rings (SSSR count). The van der Waals surface area contributed by atoms with Crippen molar-refractivity contribution in [3.8, 4) is 28.6 Å². The molecule has 0 spiro atoms. The van der Waals surface area contributed by atoms with Crippen molar-refractivity contribution in [1.82, 2.24) is 0 Å². The zero-order valence-corrected chi connectivity index (χ0v) is 21.6. The number of nitrogens with one attached hydrogen (secondary N) is 1. The van der Waals surface area contributed by atoms with E-state index in [9.17, 15) is 9.59 Å². The second-order valence-corrected chi connectivity index (χ2v) is 9.25. The van der Waals surface area contributed by atoms with E-state index in [2.05, 4.69) is 5.32 Å². The van der Waals surface area contributed by atoms with E-state index >= 15 is 0 Å². The van der Waals surface area contributed by atoms with Crippen LogP contribution in [0.1, 0.15) is 6.92 Å². The number of benzene rings is 4.